The number of aryl methyl sites for hydroxylation is 1. The predicted molar refractivity (Wildman–Crippen MR) is 119 cm³/mol. The number of nitrogens with one attached hydrogen (secondary N) is 2. The van der Waals surface area contributed by atoms with Gasteiger partial charge in [-0.15, -0.1) is 11.3 Å². The standard InChI is InChI=1S/C23H26N4O2S/c1-4-5-10-29-17-8-6-16(7-9-17)23(3)12-18(19-11-15(2)13-30-19)20(22(28)26-23)21-24-14-25-27-21/h6-9,11,13-14H,4-5,10,12H2,1-3H3,(H,26,28)(H,24,25,27)/t23-/m0/s1. The Kier molecular flexibility index (Phi) is 5.72. The molecule has 30 heavy (non-hydrogen) atoms. The van der Waals surface area contributed by atoms with Gasteiger partial charge in [-0.3, -0.25) is 9.89 Å². The van der Waals surface area contributed by atoms with Gasteiger partial charge in [0.05, 0.1) is 17.7 Å². The minimum atomic E-state index is -0.532. The average Bonchev–Trinajstić information content (AvgIpc) is 3.40. The van der Waals surface area contributed by atoms with Crippen molar-refractivity contribution in [2.24, 2.45) is 0 Å². The number of carbonyl (C=O) groups excluding carboxylic acids is 1. The van der Waals surface area contributed by atoms with Gasteiger partial charge >= 0.3 is 0 Å². The Balaban J connectivity index is 1.69. The minimum absolute atomic E-state index is 0.148. The Labute approximate surface area is 180 Å². The van der Waals surface area contributed by atoms with Crippen LogP contribution in [0.1, 0.15) is 54.9 Å². The van der Waals surface area contributed by atoms with Crippen molar-refractivity contribution in [3.63, 3.8) is 0 Å². The highest BCUT2D eigenvalue weighted by atomic mass is 32.1. The molecule has 2 N–H and O–H groups in total. The van der Waals surface area contributed by atoms with Gasteiger partial charge < -0.3 is 10.1 Å². The number of nitrogens with zero attached hydrogens (tertiary/aromatic N) is 2. The van der Waals surface area contributed by atoms with Gasteiger partial charge in [0.15, 0.2) is 5.82 Å². The molecule has 1 atom stereocenters. The van der Waals surface area contributed by atoms with Gasteiger partial charge in [0, 0.05) is 11.3 Å². The second-order valence-corrected chi connectivity index (χ2v) is 8.78. The molecule has 1 amide bonds. The molecule has 0 unspecified atom stereocenters. The Hall–Kier alpha value is -2.93. The summed E-state index contributed by atoms with van der Waals surface area (Å²) < 4.78 is 5.79. The van der Waals surface area contributed by atoms with Crippen LogP contribution in [0.15, 0.2) is 42.0 Å². The van der Waals surface area contributed by atoms with Crippen molar-refractivity contribution in [1.29, 1.82) is 0 Å². The third-order valence-corrected chi connectivity index (χ3v) is 6.49. The highest BCUT2D eigenvalue weighted by Gasteiger charge is 2.39. The van der Waals surface area contributed by atoms with E-state index in [2.05, 4.69) is 52.7 Å². The lowest BCUT2D eigenvalue weighted by atomic mass is 9.80. The Bertz CT molecular complexity index is 1050. The van der Waals surface area contributed by atoms with Crippen LogP contribution >= 0.6 is 11.3 Å². The minimum Gasteiger partial charge on any atom is -0.494 e. The number of benzene rings is 1. The third kappa shape index (κ3) is 4.03. The summed E-state index contributed by atoms with van der Waals surface area (Å²) in [5.74, 6) is 1.20. The van der Waals surface area contributed by atoms with E-state index < -0.39 is 5.54 Å². The fourth-order valence-electron chi connectivity index (χ4n) is 3.74. The Morgan fingerprint density at radius 1 is 1.27 bits per heavy atom. The first-order valence-electron chi connectivity index (χ1n) is 10.2. The molecule has 3 heterocycles. The molecular weight excluding hydrogens is 396 g/mol. The number of unbranched alkanes of at least 4 members (excludes halogenated alkanes) is 1. The van der Waals surface area contributed by atoms with Crippen molar-refractivity contribution in [3.05, 3.63) is 63.9 Å². The van der Waals surface area contributed by atoms with Crippen LogP contribution in [0.2, 0.25) is 0 Å². The lowest BCUT2D eigenvalue weighted by Gasteiger charge is -2.37. The van der Waals surface area contributed by atoms with Crippen LogP contribution in [0, 0.1) is 6.92 Å². The Morgan fingerprint density at radius 3 is 2.70 bits per heavy atom. The van der Waals surface area contributed by atoms with Crippen molar-refractivity contribution >= 4 is 28.4 Å². The van der Waals surface area contributed by atoms with Crippen molar-refractivity contribution in [1.82, 2.24) is 20.5 Å². The first kappa shape index (κ1) is 20.3. The molecular formula is C23H26N4O2S. The molecule has 0 saturated carbocycles. The number of ether oxygens (including phenoxy) is 1. The van der Waals surface area contributed by atoms with Gasteiger partial charge in [0.2, 0.25) is 0 Å². The molecule has 2 aromatic heterocycles. The lowest BCUT2D eigenvalue weighted by Crippen LogP contribution is -2.47. The molecule has 1 aliphatic rings. The number of hydrogen-bond acceptors (Lipinski definition) is 5. The summed E-state index contributed by atoms with van der Waals surface area (Å²) in [6, 6.07) is 10.2. The van der Waals surface area contributed by atoms with Crippen molar-refractivity contribution in [2.75, 3.05) is 6.61 Å². The van der Waals surface area contributed by atoms with Crippen LogP contribution in [-0.4, -0.2) is 27.7 Å². The average molecular weight is 423 g/mol. The van der Waals surface area contributed by atoms with E-state index in [1.165, 1.54) is 11.9 Å². The zero-order valence-corrected chi connectivity index (χ0v) is 18.3. The molecule has 0 radical (unpaired) electrons. The second-order valence-electron chi connectivity index (χ2n) is 7.87. The summed E-state index contributed by atoms with van der Waals surface area (Å²) >= 11 is 1.65. The van der Waals surface area contributed by atoms with E-state index in [1.54, 1.807) is 11.3 Å². The highest BCUT2D eigenvalue weighted by molar-refractivity contribution is 7.11. The van der Waals surface area contributed by atoms with Crippen LogP contribution < -0.4 is 10.1 Å². The quantitative estimate of drug-likeness (QED) is 0.541. The molecule has 3 aromatic rings. The van der Waals surface area contributed by atoms with Gasteiger partial charge in [-0.05, 0) is 60.5 Å². The first-order chi connectivity index (χ1) is 14.5. The number of thiophene rings is 1. The maximum absolute atomic E-state index is 13.2. The van der Waals surface area contributed by atoms with Gasteiger partial charge in [-0.1, -0.05) is 25.5 Å². The fourth-order valence-corrected chi connectivity index (χ4v) is 4.69. The molecule has 0 aliphatic carbocycles. The molecule has 156 valence electrons. The van der Waals surface area contributed by atoms with Gasteiger partial charge in [0.25, 0.3) is 5.91 Å². The summed E-state index contributed by atoms with van der Waals surface area (Å²) in [6.07, 6.45) is 4.23. The predicted octanol–water partition coefficient (Wildman–Crippen LogP) is 4.70. The fraction of sp³-hybridized carbons (Fsp3) is 0.348. The molecule has 6 nitrogen and oxygen atoms in total. The van der Waals surface area contributed by atoms with Gasteiger partial charge in [-0.25, -0.2) is 4.98 Å². The third-order valence-electron chi connectivity index (χ3n) is 5.39. The van der Waals surface area contributed by atoms with E-state index in [-0.39, 0.29) is 5.91 Å². The maximum atomic E-state index is 13.2. The number of H-pyrrole nitrogens is 1. The van der Waals surface area contributed by atoms with E-state index in [1.807, 2.05) is 24.3 Å². The number of rotatable bonds is 7. The van der Waals surface area contributed by atoms with Crippen molar-refractivity contribution in [2.45, 2.75) is 45.6 Å². The first-order valence-corrected chi connectivity index (χ1v) is 11.1. The number of aromatic nitrogens is 3. The topological polar surface area (TPSA) is 79.9 Å². The van der Waals surface area contributed by atoms with E-state index >= 15 is 0 Å². The van der Waals surface area contributed by atoms with Crippen LogP contribution in [0.4, 0.5) is 0 Å². The smallest absolute Gasteiger partial charge is 0.256 e. The highest BCUT2D eigenvalue weighted by Crippen LogP contribution is 2.42. The van der Waals surface area contributed by atoms with Crippen LogP contribution in [-0.2, 0) is 10.3 Å². The van der Waals surface area contributed by atoms with E-state index in [9.17, 15) is 4.79 Å². The molecule has 0 bridgehead atoms. The summed E-state index contributed by atoms with van der Waals surface area (Å²) in [4.78, 5) is 18.6. The molecule has 0 saturated heterocycles. The van der Waals surface area contributed by atoms with E-state index in [0.29, 0.717) is 17.8 Å². The van der Waals surface area contributed by atoms with Crippen LogP contribution in [0.25, 0.3) is 11.1 Å². The number of aromatic amines is 1. The second kappa shape index (κ2) is 8.44. The maximum Gasteiger partial charge on any atom is 0.256 e. The lowest BCUT2D eigenvalue weighted by molar-refractivity contribution is -0.117. The summed E-state index contributed by atoms with van der Waals surface area (Å²) in [5.41, 5.74) is 3.24. The number of hydrogen-bond donors (Lipinski definition) is 2. The zero-order valence-electron chi connectivity index (χ0n) is 17.5. The summed E-state index contributed by atoms with van der Waals surface area (Å²) in [6.45, 7) is 6.99. The molecule has 0 spiro atoms. The molecule has 4 rings (SSSR count). The number of amides is 1. The van der Waals surface area contributed by atoms with Crippen molar-refractivity contribution < 1.29 is 9.53 Å². The molecule has 7 heteroatoms. The van der Waals surface area contributed by atoms with Gasteiger partial charge in [-0.2, -0.15) is 5.10 Å². The zero-order chi connectivity index (χ0) is 21.1. The van der Waals surface area contributed by atoms with Gasteiger partial charge in [0.1, 0.15) is 12.1 Å². The molecule has 1 aromatic carbocycles. The van der Waals surface area contributed by atoms with Crippen LogP contribution in [0.3, 0.4) is 0 Å². The molecule has 0 fully saturated rings. The largest absolute Gasteiger partial charge is 0.494 e. The summed E-state index contributed by atoms with van der Waals surface area (Å²) in [7, 11) is 0. The van der Waals surface area contributed by atoms with E-state index in [4.69, 9.17) is 4.74 Å². The SMILES string of the molecule is CCCCOc1ccc([C@]2(C)CC(c3cc(C)cs3)=C(c3ncn[nH]3)C(=O)N2)cc1. The molecule has 1 aliphatic heterocycles. The Morgan fingerprint density at radius 2 is 2.07 bits per heavy atom. The number of carbonyl (C=O) groups is 1. The van der Waals surface area contributed by atoms with Crippen molar-refractivity contribution in [3.8, 4) is 5.75 Å². The monoisotopic (exact) mass is 422 g/mol. The normalized spacial score (nSPS) is 19.1. The van der Waals surface area contributed by atoms with Crippen LogP contribution in [0.5, 0.6) is 5.75 Å². The van der Waals surface area contributed by atoms with E-state index in [0.717, 1.165) is 41.2 Å². The summed E-state index contributed by atoms with van der Waals surface area (Å²) in [5, 5.41) is 12.1.